The molecule has 0 fully saturated rings. The molecule has 19 heteroatoms. The van der Waals surface area contributed by atoms with Crippen molar-refractivity contribution in [2.45, 2.75) is 129 Å². The van der Waals surface area contributed by atoms with E-state index in [2.05, 4.69) is 6.92 Å². The van der Waals surface area contributed by atoms with Gasteiger partial charge in [0.15, 0.2) is 0 Å². The fraction of sp³-hybridized carbons (Fsp3) is 1.00. The second kappa shape index (κ2) is 39.8. The van der Waals surface area contributed by atoms with E-state index < -0.39 is 80.1 Å². The number of hydrogen-bond acceptors (Lipinski definition) is 9. The Balaban J connectivity index is 3.01. The van der Waals surface area contributed by atoms with E-state index in [9.17, 15) is 0 Å². The van der Waals surface area contributed by atoms with Crippen LogP contribution in [0.15, 0.2) is 0 Å². The van der Waals surface area contributed by atoms with E-state index >= 15 is 0 Å². The topological polar surface area (TPSA) is 83.1 Å². The lowest BCUT2D eigenvalue weighted by Crippen LogP contribution is -2.21. The molecular weight excluding hydrogens is 665 g/mol. The first-order valence-electron chi connectivity index (χ1n) is 15.5. The van der Waals surface area contributed by atoms with E-state index in [1.165, 1.54) is 122 Å². The summed E-state index contributed by atoms with van der Waals surface area (Å²) in [6.07, 6.45) is 25.8. The molecule has 0 aliphatic rings. The van der Waals surface area contributed by atoms with Gasteiger partial charge in [-0.1, -0.05) is 122 Å². The molecule has 0 aromatic carbocycles. The third-order valence-corrected chi connectivity index (χ3v) is 19.1. The van der Waals surface area contributed by atoms with Crippen LogP contribution in [0.3, 0.4) is 0 Å². The Morgan fingerprint density at radius 3 is 0.974 bits per heavy atom. The Labute approximate surface area is 264 Å². The summed E-state index contributed by atoms with van der Waals surface area (Å²) < 4.78 is 49.2. The molecule has 0 rings (SSSR count). The van der Waals surface area contributed by atoms with Gasteiger partial charge in [-0.2, -0.15) is 0 Å². The molecule has 0 atom stereocenters. The Morgan fingerprint density at radius 1 is 0.359 bits per heavy atom. The van der Waals surface area contributed by atoms with Gasteiger partial charge in [0.2, 0.25) is 0 Å². The monoisotopic (exact) mass is 726 g/mol. The maximum absolute atomic E-state index is 5.82. The predicted octanol–water partition coefficient (Wildman–Crippen LogP) is -2.05. The average Bonchev–Trinajstić information content (AvgIpc) is 2.95. The molecule has 9 nitrogen and oxygen atoms in total. The summed E-state index contributed by atoms with van der Waals surface area (Å²) >= 11 is 0. The van der Waals surface area contributed by atoms with Gasteiger partial charge in [-0.05, 0) is 6.04 Å². The molecule has 0 saturated heterocycles. The summed E-state index contributed by atoms with van der Waals surface area (Å²) in [5.41, 5.74) is 0. The average molecular weight is 728 g/mol. The molecule has 0 unspecified atom stereocenters. The summed E-state index contributed by atoms with van der Waals surface area (Å²) in [6.45, 7) is 2.29. The van der Waals surface area contributed by atoms with E-state index in [1.54, 1.807) is 0 Å². The predicted molar refractivity (Wildman–Crippen MR) is 190 cm³/mol. The van der Waals surface area contributed by atoms with Crippen LogP contribution in [0.1, 0.15) is 122 Å². The van der Waals surface area contributed by atoms with Gasteiger partial charge in [-0.3, -0.25) is 0 Å². The maximum atomic E-state index is 5.82. The van der Waals surface area contributed by atoms with E-state index in [0.29, 0.717) is 0 Å². The van der Waals surface area contributed by atoms with E-state index in [4.69, 9.17) is 37.0 Å². The third-order valence-electron chi connectivity index (χ3n) is 6.26. The van der Waals surface area contributed by atoms with Crippen molar-refractivity contribution in [3.05, 3.63) is 0 Å². The minimum absolute atomic E-state index is 0.374. The highest BCUT2D eigenvalue weighted by Gasteiger charge is 1.98. The number of unbranched alkanes of at least 4 members (excludes halogenated alkanes) is 17. The summed E-state index contributed by atoms with van der Waals surface area (Å²) in [6, 6.07) is 1.30. The van der Waals surface area contributed by atoms with Gasteiger partial charge in [0.05, 0.1) is 0 Å². The zero-order valence-corrected chi connectivity index (χ0v) is 40.2. The Hall–Kier alpha value is 1.81. The van der Waals surface area contributed by atoms with Gasteiger partial charge < -0.3 is 37.0 Å². The van der Waals surface area contributed by atoms with Crippen LogP contribution in [0, 0.1) is 0 Å². The zero-order valence-electron chi connectivity index (χ0n) is 25.5. The highest BCUT2D eigenvalue weighted by molar-refractivity contribution is 6.49. The van der Waals surface area contributed by atoms with Crippen LogP contribution in [-0.2, 0) is 37.0 Å². The van der Waals surface area contributed by atoms with Crippen LogP contribution in [0.4, 0.5) is 0 Å². The lowest BCUT2D eigenvalue weighted by molar-refractivity contribution is 0.364. The molecule has 0 aliphatic carbocycles. The first-order chi connectivity index (χ1) is 19.4. The quantitative estimate of drug-likeness (QED) is 0.0536. The van der Waals surface area contributed by atoms with E-state index in [0.717, 1.165) is 10.5 Å². The van der Waals surface area contributed by atoms with Crippen molar-refractivity contribution < 1.29 is 37.0 Å². The molecule has 0 amide bonds. The second-order valence-electron chi connectivity index (χ2n) is 9.93. The molecular formula is C20H62O9Si10. The zero-order chi connectivity index (χ0) is 28.2. The number of rotatable bonds is 36. The molecule has 39 heavy (non-hydrogen) atoms. The van der Waals surface area contributed by atoms with Crippen molar-refractivity contribution in [1.29, 1.82) is 0 Å². The van der Waals surface area contributed by atoms with Crippen LogP contribution in [-0.4, -0.2) is 100 Å². The third kappa shape index (κ3) is 39.8. The normalized spacial score (nSPS) is 14.4. The maximum Gasteiger partial charge on any atom is 0.286 e. The summed E-state index contributed by atoms with van der Waals surface area (Å²) in [5.74, 6) is 0. The molecule has 0 aromatic heterocycles. The van der Waals surface area contributed by atoms with Crippen molar-refractivity contribution in [2.24, 2.45) is 0 Å². The summed E-state index contributed by atoms with van der Waals surface area (Å²) in [5, 5.41) is 0. The molecule has 0 spiro atoms. The van der Waals surface area contributed by atoms with E-state index in [-0.39, 0.29) is 9.76 Å². The lowest BCUT2D eigenvalue weighted by Gasteiger charge is -2.08. The first kappa shape index (κ1) is 40.8. The first-order valence-corrected chi connectivity index (χ1v) is 27.2. The van der Waals surface area contributed by atoms with Crippen molar-refractivity contribution >= 4 is 100 Å². The summed E-state index contributed by atoms with van der Waals surface area (Å²) in [7, 11) is -6.66. The van der Waals surface area contributed by atoms with Crippen LogP contribution in [0.2, 0.25) is 6.04 Å². The SMILES string of the molecule is CCCCCCCCCCCCCCCCCCCC[SiH2]O[SiH2]O[SiH2]O[SiH2]O[SiH2]O[SiH2]O[SiH2]O[SiH2]O[SiH2]O[SiH3]. The smallest absolute Gasteiger partial charge is 0.286 e. The highest BCUT2D eigenvalue weighted by Crippen LogP contribution is 2.14. The minimum atomic E-state index is -0.944. The molecule has 0 bridgehead atoms. The fourth-order valence-corrected chi connectivity index (χ4v) is 20.7. The summed E-state index contributed by atoms with van der Waals surface area (Å²) in [4.78, 5) is 0. The number of hydrogen-bond donors (Lipinski definition) is 0. The molecule has 236 valence electrons. The molecule has 0 aliphatic heterocycles. The van der Waals surface area contributed by atoms with Gasteiger partial charge in [0, 0.05) is 0 Å². The van der Waals surface area contributed by atoms with Gasteiger partial charge >= 0.3 is 0 Å². The Kier molecular flexibility index (Phi) is 41.7. The highest BCUT2D eigenvalue weighted by atomic mass is 28.4. The standard InChI is InChI=1S/C20H62O9Si10/c1-2-3-4-5-6-7-8-9-10-11-12-13-14-15-16-17-18-19-20-31-22-33-24-35-26-37-28-39-29-38-27-36-25-34-23-32-21-30/h2-20,31-39H2,1,30H3. The van der Waals surface area contributed by atoms with Gasteiger partial charge in [-0.25, -0.2) is 0 Å². The van der Waals surface area contributed by atoms with Crippen LogP contribution in [0.5, 0.6) is 0 Å². The Morgan fingerprint density at radius 2 is 0.641 bits per heavy atom. The molecule has 0 aromatic rings. The molecule has 0 saturated carbocycles. The van der Waals surface area contributed by atoms with Crippen molar-refractivity contribution in [1.82, 2.24) is 0 Å². The van der Waals surface area contributed by atoms with Crippen molar-refractivity contribution in [3.63, 3.8) is 0 Å². The van der Waals surface area contributed by atoms with E-state index in [1.807, 2.05) is 0 Å². The molecule has 0 heterocycles. The van der Waals surface area contributed by atoms with Gasteiger partial charge in [0.1, 0.15) is 20.2 Å². The van der Waals surface area contributed by atoms with Crippen molar-refractivity contribution in [3.8, 4) is 0 Å². The molecule has 0 radical (unpaired) electrons. The van der Waals surface area contributed by atoms with Gasteiger partial charge in [-0.15, -0.1) is 0 Å². The Bertz CT molecular complexity index is 407. The molecule has 0 N–H and O–H groups in total. The van der Waals surface area contributed by atoms with Crippen LogP contribution >= 0.6 is 0 Å². The fourth-order valence-electron chi connectivity index (χ4n) is 4.08. The van der Waals surface area contributed by atoms with Crippen LogP contribution < -0.4 is 0 Å². The van der Waals surface area contributed by atoms with Gasteiger partial charge in [0.25, 0.3) is 80.1 Å². The lowest BCUT2D eigenvalue weighted by atomic mass is 10.0. The van der Waals surface area contributed by atoms with Crippen molar-refractivity contribution in [2.75, 3.05) is 0 Å². The minimum Gasteiger partial charge on any atom is -0.449 e. The van der Waals surface area contributed by atoms with Crippen LogP contribution in [0.25, 0.3) is 0 Å². The second-order valence-corrected chi connectivity index (χ2v) is 28.3. The largest absolute Gasteiger partial charge is 0.449 e.